The number of anilines is 1. The first-order valence-electron chi connectivity index (χ1n) is 11.0. The Morgan fingerprint density at radius 1 is 1.20 bits per heavy atom. The molecule has 3 N–H and O–H groups in total. The van der Waals surface area contributed by atoms with Gasteiger partial charge in [0, 0.05) is 25.4 Å². The van der Waals surface area contributed by atoms with Crippen molar-refractivity contribution in [2.45, 2.75) is 61.7 Å². The van der Waals surface area contributed by atoms with Crippen molar-refractivity contribution in [3.63, 3.8) is 0 Å². The Kier molecular flexibility index (Phi) is 9.30. The van der Waals surface area contributed by atoms with E-state index in [2.05, 4.69) is 36.1 Å². The number of oxazole rings is 1. The highest BCUT2D eigenvalue weighted by Crippen LogP contribution is 2.32. The quantitative estimate of drug-likeness (QED) is 0.264. The number of methoxy groups -OCH3 is 1. The third-order valence-electron chi connectivity index (χ3n) is 4.81. The number of benzene rings is 1. The van der Waals surface area contributed by atoms with E-state index in [1.165, 1.54) is 18.4 Å². The summed E-state index contributed by atoms with van der Waals surface area (Å²) >= 11 is 2.97. The van der Waals surface area contributed by atoms with Gasteiger partial charge in [-0.15, -0.1) is 11.8 Å². The fraction of sp³-hybridized carbons (Fsp3) is 0.417. The van der Waals surface area contributed by atoms with Crippen molar-refractivity contribution in [1.29, 1.82) is 0 Å². The number of carbonyl (C=O) groups is 2. The molecule has 0 radical (unpaired) electrons. The van der Waals surface area contributed by atoms with E-state index in [1.807, 2.05) is 0 Å². The van der Waals surface area contributed by atoms with Crippen LogP contribution >= 0.6 is 23.1 Å². The van der Waals surface area contributed by atoms with Crippen LogP contribution in [0.5, 0.6) is 5.75 Å². The fourth-order valence-electron chi connectivity index (χ4n) is 2.91. The maximum atomic E-state index is 12.5. The lowest BCUT2D eigenvalue weighted by Crippen LogP contribution is -2.22. The number of thiazole rings is 1. The van der Waals surface area contributed by atoms with E-state index in [0.717, 1.165) is 15.5 Å². The number of hydrogen-bond donors (Lipinski definition) is 2. The third kappa shape index (κ3) is 8.68. The molecule has 0 spiro atoms. The van der Waals surface area contributed by atoms with Gasteiger partial charge in [0.2, 0.25) is 17.7 Å². The first-order valence-corrected chi connectivity index (χ1v) is 12.8. The predicted octanol–water partition coefficient (Wildman–Crippen LogP) is 4.52. The number of nitrogens with one attached hydrogen (secondary N) is 1. The van der Waals surface area contributed by atoms with Gasteiger partial charge in [-0.3, -0.25) is 9.59 Å². The number of amides is 2. The number of aromatic nitrogens is 2. The van der Waals surface area contributed by atoms with Gasteiger partial charge in [-0.25, -0.2) is 9.97 Å². The Morgan fingerprint density at radius 2 is 1.94 bits per heavy atom. The highest BCUT2D eigenvalue weighted by molar-refractivity contribution is 8.00. The highest BCUT2D eigenvalue weighted by Gasteiger charge is 2.19. The lowest BCUT2D eigenvalue weighted by atomic mass is 9.94. The molecular weight excluding hydrogens is 488 g/mol. The Hall–Kier alpha value is -2.89. The summed E-state index contributed by atoms with van der Waals surface area (Å²) in [5.74, 6) is 2.11. The molecule has 1 atom stereocenters. The van der Waals surface area contributed by atoms with E-state index < -0.39 is 12.2 Å². The zero-order chi connectivity index (χ0) is 25.4. The number of hydrogen-bond acceptors (Lipinski definition) is 9. The summed E-state index contributed by atoms with van der Waals surface area (Å²) in [5, 5.41) is 3.38. The second-order valence-electron chi connectivity index (χ2n) is 8.80. The van der Waals surface area contributed by atoms with Gasteiger partial charge < -0.3 is 24.9 Å². The molecular formula is C24H30N4O5S2. The van der Waals surface area contributed by atoms with Crippen LogP contribution in [0.15, 0.2) is 45.3 Å². The molecule has 0 fully saturated rings. The third-order valence-corrected chi connectivity index (χ3v) is 6.90. The Balaban J connectivity index is 1.46. The summed E-state index contributed by atoms with van der Waals surface area (Å²) in [6.07, 6.45) is 3.66. The Bertz CT molecular complexity index is 1120. The van der Waals surface area contributed by atoms with Gasteiger partial charge in [0.15, 0.2) is 11.4 Å². The molecule has 35 heavy (non-hydrogen) atoms. The van der Waals surface area contributed by atoms with Crippen LogP contribution in [0, 0.1) is 0 Å². The van der Waals surface area contributed by atoms with E-state index in [-0.39, 0.29) is 24.2 Å². The number of ether oxygens (including phenoxy) is 2. The predicted molar refractivity (Wildman–Crippen MR) is 136 cm³/mol. The van der Waals surface area contributed by atoms with Crippen LogP contribution in [0.3, 0.4) is 0 Å². The second kappa shape index (κ2) is 12.2. The zero-order valence-electron chi connectivity index (χ0n) is 20.2. The van der Waals surface area contributed by atoms with Crippen LogP contribution in [0.1, 0.15) is 50.8 Å². The summed E-state index contributed by atoms with van der Waals surface area (Å²) in [6, 6.07) is 7.12. The number of carbonyl (C=O) groups excluding carboxylic acids is 2. The largest absolute Gasteiger partial charge is 0.465 e. The number of rotatable bonds is 12. The molecule has 0 bridgehead atoms. The molecule has 3 rings (SSSR count). The number of primary amides is 1. The molecule has 0 saturated heterocycles. The normalized spacial score (nSPS) is 12.3. The summed E-state index contributed by atoms with van der Waals surface area (Å²) in [6.45, 7) is 6.24. The van der Waals surface area contributed by atoms with Crippen molar-refractivity contribution in [3.8, 4) is 5.75 Å². The van der Waals surface area contributed by atoms with Crippen molar-refractivity contribution in [2.75, 3.05) is 12.4 Å². The van der Waals surface area contributed by atoms with Crippen LogP contribution in [0.2, 0.25) is 0 Å². The summed E-state index contributed by atoms with van der Waals surface area (Å²) < 4.78 is 17.7. The van der Waals surface area contributed by atoms with Crippen LogP contribution in [0.25, 0.3) is 0 Å². The highest BCUT2D eigenvalue weighted by atomic mass is 32.2. The van der Waals surface area contributed by atoms with Crippen molar-refractivity contribution < 1.29 is 23.5 Å². The van der Waals surface area contributed by atoms with Crippen molar-refractivity contribution in [1.82, 2.24) is 9.97 Å². The molecule has 0 saturated carbocycles. The topological polar surface area (TPSA) is 130 Å². The molecule has 11 heteroatoms. The first kappa shape index (κ1) is 26.7. The minimum absolute atomic E-state index is 0.0797. The van der Waals surface area contributed by atoms with E-state index >= 15 is 0 Å². The van der Waals surface area contributed by atoms with Crippen LogP contribution in [-0.4, -0.2) is 35.2 Å². The fourth-order valence-corrected chi connectivity index (χ4v) is 4.65. The van der Waals surface area contributed by atoms with Gasteiger partial charge >= 0.3 is 0 Å². The smallest absolute Gasteiger partial charge is 0.230 e. The standard InChI is InChI=1S/C24H30N4O5S2/c1-24(2,3)17-12-26-20(33-17)14-34-22-13-27-23(35-22)28-19(30)11-15-5-7-16(8-6-15)32-21(31-4)10-9-18(25)29/h5-8,12-13,21H,9-11,14H2,1-4H3,(H2,25,29)(H,27,28,30). The van der Waals surface area contributed by atoms with Gasteiger partial charge in [0.05, 0.1) is 28.8 Å². The van der Waals surface area contributed by atoms with E-state index in [4.69, 9.17) is 19.6 Å². The van der Waals surface area contributed by atoms with E-state index in [9.17, 15) is 9.59 Å². The van der Waals surface area contributed by atoms with Crippen molar-refractivity contribution in [3.05, 3.63) is 53.9 Å². The van der Waals surface area contributed by atoms with Gasteiger partial charge in [0.25, 0.3) is 0 Å². The van der Waals surface area contributed by atoms with Crippen LogP contribution in [-0.2, 0) is 31.9 Å². The minimum Gasteiger partial charge on any atom is -0.465 e. The van der Waals surface area contributed by atoms with Crippen molar-refractivity contribution >= 4 is 40.0 Å². The summed E-state index contributed by atoms with van der Waals surface area (Å²) in [7, 11) is 1.50. The van der Waals surface area contributed by atoms with Crippen LogP contribution in [0.4, 0.5) is 5.13 Å². The molecule has 2 heterocycles. The Morgan fingerprint density at radius 3 is 2.57 bits per heavy atom. The Labute approximate surface area is 212 Å². The maximum Gasteiger partial charge on any atom is 0.230 e. The van der Waals surface area contributed by atoms with E-state index in [0.29, 0.717) is 28.9 Å². The lowest BCUT2D eigenvalue weighted by molar-refractivity contribution is -0.120. The van der Waals surface area contributed by atoms with Gasteiger partial charge in [-0.1, -0.05) is 44.2 Å². The van der Waals surface area contributed by atoms with Gasteiger partial charge in [-0.2, -0.15) is 0 Å². The zero-order valence-corrected chi connectivity index (χ0v) is 21.8. The summed E-state index contributed by atoms with van der Waals surface area (Å²) in [5.41, 5.74) is 5.91. The monoisotopic (exact) mass is 518 g/mol. The number of thioether (sulfide) groups is 1. The molecule has 188 valence electrons. The minimum atomic E-state index is -0.572. The molecule has 0 aliphatic rings. The average molecular weight is 519 g/mol. The van der Waals surface area contributed by atoms with Gasteiger partial charge in [0.1, 0.15) is 11.5 Å². The molecule has 9 nitrogen and oxygen atoms in total. The molecule has 1 aromatic carbocycles. The number of nitrogens with two attached hydrogens (primary N) is 1. The maximum absolute atomic E-state index is 12.5. The summed E-state index contributed by atoms with van der Waals surface area (Å²) in [4.78, 5) is 32.0. The molecule has 2 aromatic heterocycles. The first-order chi connectivity index (χ1) is 16.6. The average Bonchev–Trinajstić information content (AvgIpc) is 3.45. The molecule has 2 amide bonds. The van der Waals surface area contributed by atoms with Crippen molar-refractivity contribution in [2.24, 2.45) is 5.73 Å². The molecule has 1 unspecified atom stereocenters. The SMILES string of the molecule is COC(CCC(N)=O)Oc1ccc(CC(=O)Nc2ncc(SCc3ncc(C(C)(C)C)o3)s2)cc1. The van der Waals surface area contributed by atoms with Gasteiger partial charge in [-0.05, 0) is 17.7 Å². The lowest BCUT2D eigenvalue weighted by Gasteiger charge is -2.17. The molecule has 3 aromatic rings. The molecule has 0 aliphatic carbocycles. The van der Waals surface area contributed by atoms with Crippen LogP contribution < -0.4 is 15.8 Å². The number of nitrogens with zero attached hydrogens (tertiary/aromatic N) is 2. The molecule has 0 aliphatic heterocycles. The second-order valence-corrected chi connectivity index (χ2v) is 11.1. The van der Waals surface area contributed by atoms with E-state index in [1.54, 1.807) is 48.4 Å².